The molecule has 2 fully saturated rings. The van der Waals surface area contributed by atoms with E-state index in [2.05, 4.69) is 29.1 Å². The molecule has 0 atom stereocenters. The van der Waals surface area contributed by atoms with Gasteiger partial charge in [-0.15, -0.1) is 0 Å². The lowest BCUT2D eigenvalue weighted by Crippen LogP contribution is -2.54. The Morgan fingerprint density at radius 1 is 1.21 bits per heavy atom. The van der Waals surface area contributed by atoms with E-state index in [0.717, 1.165) is 57.4 Å². The third-order valence-electron chi connectivity index (χ3n) is 5.86. The molecule has 156 valence electrons. The summed E-state index contributed by atoms with van der Waals surface area (Å²) >= 11 is 0. The molecule has 2 heterocycles. The van der Waals surface area contributed by atoms with E-state index in [1.807, 2.05) is 30.3 Å². The van der Waals surface area contributed by atoms with Gasteiger partial charge in [0.05, 0.1) is 13.1 Å². The lowest BCUT2D eigenvalue weighted by Gasteiger charge is -2.43. The number of rotatable bonds is 8. The number of likely N-dealkylation sites (tertiary alicyclic amines) is 1. The fourth-order valence-electron chi connectivity index (χ4n) is 4.13. The molecule has 0 aromatic heterocycles. The monoisotopic (exact) mass is 388 g/mol. The summed E-state index contributed by atoms with van der Waals surface area (Å²) in [6, 6.07) is 9.97. The lowest BCUT2D eigenvalue weighted by atomic mass is 9.88. The van der Waals surface area contributed by atoms with Crippen LogP contribution < -0.4 is 10.1 Å². The molecule has 6 nitrogen and oxygen atoms in total. The Morgan fingerprint density at radius 2 is 1.93 bits per heavy atom. The molecule has 0 saturated carbocycles. The topological polar surface area (TPSA) is 49.3 Å². The number of guanidine groups is 1. The number of nitrogens with zero attached hydrogens (tertiary/aromatic N) is 3. The fraction of sp³-hybridized carbons (Fsp3) is 0.682. The maximum absolute atomic E-state index is 5.85. The zero-order chi connectivity index (χ0) is 19.7. The van der Waals surface area contributed by atoms with Gasteiger partial charge in [0, 0.05) is 32.3 Å². The van der Waals surface area contributed by atoms with E-state index in [1.165, 1.54) is 25.9 Å². The van der Waals surface area contributed by atoms with Crippen molar-refractivity contribution in [1.29, 1.82) is 0 Å². The molecule has 1 aromatic carbocycles. The Labute approximate surface area is 169 Å². The van der Waals surface area contributed by atoms with Crippen LogP contribution in [-0.4, -0.2) is 80.9 Å². The minimum Gasteiger partial charge on any atom is -0.492 e. The van der Waals surface area contributed by atoms with E-state index < -0.39 is 0 Å². The summed E-state index contributed by atoms with van der Waals surface area (Å²) in [7, 11) is 2.09. The van der Waals surface area contributed by atoms with Gasteiger partial charge in [0.2, 0.25) is 0 Å². The summed E-state index contributed by atoms with van der Waals surface area (Å²) < 4.78 is 11.5. The third-order valence-corrected chi connectivity index (χ3v) is 5.86. The molecule has 2 aliphatic heterocycles. The Kier molecular flexibility index (Phi) is 7.98. The molecule has 0 unspecified atom stereocenters. The average Bonchev–Trinajstić information content (AvgIpc) is 3.28. The second-order valence-electron chi connectivity index (χ2n) is 7.78. The molecule has 6 heteroatoms. The van der Waals surface area contributed by atoms with Gasteiger partial charge in [-0.1, -0.05) is 18.2 Å². The third kappa shape index (κ3) is 5.61. The first-order valence-electron chi connectivity index (χ1n) is 10.7. The molecule has 0 bridgehead atoms. The number of hydrogen-bond acceptors (Lipinski definition) is 4. The Bertz CT molecular complexity index is 596. The number of hydrogen-bond donors (Lipinski definition) is 1. The van der Waals surface area contributed by atoms with Crippen LogP contribution in [0.15, 0.2) is 35.3 Å². The highest BCUT2D eigenvalue weighted by Gasteiger charge is 2.39. The summed E-state index contributed by atoms with van der Waals surface area (Å²) in [4.78, 5) is 9.90. The van der Waals surface area contributed by atoms with E-state index >= 15 is 0 Å². The molecule has 28 heavy (non-hydrogen) atoms. The highest BCUT2D eigenvalue weighted by atomic mass is 16.5. The zero-order valence-electron chi connectivity index (χ0n) is 17.5. The van der Waals surface area contributed by atoms with Gasteiger partial charge in [0.25, 0.3) is 0 Å². The van der Waals surface area contributed by atoms with Crippen molar-refractivity contribution in [2.45, 2.75) is 38.1 Å². The first-order valence-corrected chi connectivity index (χ1v) is 10.7. The van der Waals surface area contributed by atoms with Crippen molar-refractivity contribution >= 4 is 5.96 Å². The first kappa shape index (κ1) is 20.9. The summed E-state index contributed by atoms with van der Waals surface area (Å²) in [5.41, 5.74) is 0.163. The summed E-state index contributed by atoms with van der Waals surface area (Å²) in [6.07, 6.45) is 4.78. The van der Waals surface area contributed by atoms with E-state index in [-0.39, 0.29) is 5.54 Å². The van der Waals surface area contributed by atoms with Gasteiger partial charge >= 0.3 is 0 Å². The lowest BCUT2D eigenvalue weighted by molar-refractivity contribution is -0.0139. The van der Waals surface area contributed by atoms with Crippen molar-refractivity contribution in [3.05, 3.63) is 30.3 Å². The largest absolute Gasteiger partial charge is 0.492 e. The van der Waals surface area contributed by atoms with Crippen LogP contribution >= 0.6 is 0 Å². The van der Waals surface area contributed by atoms with Gasteiger partial charge in [0.15, 0.2) is 5.96 Å². The number of benzene rings is 1. The van der Waals surface area contributed by atoms with Crippen molar-refractivity contribution in [3.63, 3.8) is 0 Å². The molecule has 0 radical (unpaired) electrons. The molecule has 0 aliphatic carbocycles. The van der Waals surface area contributed by atoms with Crippen LogP contribution in [0.4, 0.5) is 0 Å². The average molecular weight is 389 g/mol. The highest BCUT2D eigenvalue weighted by molar-refractivity contribution is 5.79. The number of likely N-dealkylation sites (N-methyl/N-ethyl adjacent to an activating group) is 1. The normalized spacial score (nSPS) is 20.1. The number of para-hydroxylation sites is 1. The molecule has 3 rings (SSSR count). The molecule has 0 spiro atoms. The second-order valence-corrected chi connectivity index (χ2v) is 7.78. The second kappa shape index (κ2) is 10.7. The van der Waals surface area contributed by atoms with Crippen molar-refractivity contribution in [2.75, 3.05) is 59.6 Å². The van der Waals surface area contributed by atoms with Crippen LogP contribution in [0.3, 0.4) is 0 Å². The zero-order valence-corrected chi connectivity index (χ0v) is 17.5. The van der Waals surface area contributed by atoms with Crippen LogP contribution in [-0.2, 0) is 4.74 Å². The van der Waals surface area contributed by atoms with Crippen molar-refractivity contribution in [2.24, 2.45) is 4.99 Å². The van der Waals surface area contributed by atoms with E-state index in [1.54, 1.807) is 0 Å². The highest BCUT2D eigenvalue weighted by Crippen LogP contribution is 2.31. The van der Waals surface area contributed by atoms with E-state index in [0.29, 0.717) is 6.61 Å². The molecular weight excluding hydrogens is 352 g/mol. The first-order chi connectivity index (χ1) is 13.7. The predicted molar refractivity (Wildman–Crippen MR) is 114 cm³/mol. The van der Waals surface area contributed by atoms with Crippen LogP contribution in [0.2, 0.25) is 0 Å². The molecule has 2 aliphatic rings. The predicted octanol–water partition coefficient (Wildman–Crippen LogP) is 2.61. The minimum atomic E-state index is 0.163. The fourth-order valence-corrected chi connectivity index (χ4v) is 4.13. The summed E-state index contributed by atoms with van der Waals surface area (Å²) in [6.45, 7) is 9.35. The molecule has 1 N–H and O–H groups in total. The number of nitrogens with one attached hydrogen (secondary N) is 1. The standard InChI is InChI=1S/C22H36N4O2/c1-3-23-21(25(2)15-18-28-20-9-5-4-6-10-20)24-19-22(11-16-27-17-12-22)26-13-7-8-14-26/h4-6,9-10H,3,7-8,11-19H2,1-2H3,(H,23,24). The van der Waals surface area contributed by atoms with Crippen molar-refractivity contribution in [3.8, 4) is 5.75 Å². The van der Waals surface area contributed by atoms with Gasteiger partial charge in [-0.05, 0) is 57.8 Å². The van der Waals surface area contributed by atoms with E-state index in [4.69, 9.17) is 14.5 Å². The van der Waals surface area contributed by atoms with Crippen LogP contribution in [0.5, 0.6) is 5.75 Å². The minimum absolute atomic E-state index is 0.163. The summed E-state index contributed by atoms with van der Waals surface area (Å²) in [5.74, 6) is 1.87. The molecule has 0 amide bonds. The Hall–Kier alpha value is -1.79. The number of ether oxygens (including phenoxy) is 2. The summed E-state index contributed by atoms with van der Waals surface area (Å²) in [5, 5.41) is 3.45. The van der Waals surface area contributed by atoms with E-state index in [9.17, 15) is 0 Å². The smallest absolute Gasteiger partial charge is 0.193 e. The SMILES string of the molecule is CCNC(=NCC1(N2CCCC2)CCOCC1)N(C)CCOc1ccccc1. The van der Waals surface area contributed by atoms with Gasteiger partial charge in [-0.25, -0.2) is 0 Å². The maximum atomic E-state index is 5.85. The van der Waals surface area contributed by atoms with Crippen molar-refractivity contribution in [1.82, 2.24) is 15.1 Å². The van der Waals surface area contributed by atoms with Crippen LogP contribution in [0, 0.1) is 0 Å². The maximum Gasteiger partial charge on any atom is 0.193 e. The van der Waals surface area contributed by atoms with Gasteiger partial charge in [-0.3, -0.25) is 9.89 Å². The quantitative estimate of drug-likeness (QED) is 0.548. The van der Waals surface area contributed by atoms with Crippen LogP contribution in [0.1, 0.15) is 32.6 Å². The Balaban J connectivity index is 1.59. The van der Waals surface area contributed by atoms with Gasteiger partial charge < -0.3 is 19.7 Å². The van der Waals surface area contributed by atoms with Gasteiger partial charge in [-0.2, -0.15) is 0 Å². The number of aliphatic imine (C=N–C) groups is 1. The van der Waals surface area contributed by atoms with Crippen LogP contribution in [0.25, 0.3) is 0 Å². The molecular formula is C22H36N4O2. The van der Waals surface area contributed by atoms with Gasteiger partial charge in [0.1, 0.15) is 12.4 Å². The van der Waals surface area contributed by atoms with Crippen molar-refractivity contribution < 1.29 is 9.47 Å². The molecule has 1 aromatic rings. The molecule has 2 saturated heterocycles. The Morgan fingerprint density at radius 3 is 2.61 bits per heavy atom.